The maximum Gasteiger partial charge on any atom is 0.00850 e. The Kier molecular flexibility index (Phi) is 6.43. The van der Waals surface area contributed by atoms with Gasteiger partial charge in [0.25, 0.3) is 0 Å². The van der Waals surface area contributed by atoms with E-state index in [1.54, 1.807) is 0 Å². The minimum absolute atomic E-state index is 0.862. The van der Waals surface area contributed by atoms with E-state index in [0.29, 0.717) is 0 Å². The minimum Gasteiger partial charge on any atom is -0.175 e. The Morgan fingerprint density at radius 3 is 2.27 bits per heavy atom. The van der Waals surface area contributed by atoms with E-state index in [9.17, 15) is 0 Å². The largest absolute Gasteiger partial charge is 0.175 e. The van der Waals surface area contributed by atoms with E-state index < -0.39 is 0 Å². The van der Waals surface area contributed by atoms with Crippen LogP contribution in [0.4, 0.5) is 0 Å². The zero-order valence-electron chi connectivity index (χ0n) is 7.72. The van der Waals surface area contributed by atoms with Crippen LogP contribution in [0.3, 0.4) is 0 Å². The number of allylic oxidation sites excluding steroid dienone is 3. The van der Waals surface area contributed by atoms with Gasteiger partial charge in [-0.2, -0.15) is 12.6 Å². The summed E-state index contributed by atoms with van der Waals surface area (Å²) in [5, 5.41) is 0. The summed E-state index contributed by atoms with van der Waals surface area (Å²) < 4.78 is 0. The normalized spacial score (nSPS) is 11.5. The van der Waals surface area contributed by atoms with Crippen molar-refractivity contribution in [1.82, 2.24) is 0 Å². The van der Waals surface area contributed by atoms with Crippen molar-refractivity contribution in [3.63, 3.8) is 0 Å². The summed E-state index contributed by atoms with van der Waals surface area (Å²) in [5.41, 5.74) is 2.85. The molecule has 0 aromatic carbocycles. The molecule has 0 heterocycles. The van der Waals surface area contributed by atoms with E-state index in [-0.39, 0.29) is 0 Å². The van der Waals surface area contributed by atoms with E-state index >= 15 is 0 Å². The first kappa shape index (κ1) is 10.8. The van der Waals surface area contributed by atoms with Crippen LogP contribution in [0, 0.1) is 0 Å². The highest BCUT2D eigenvalue weighted by Crippen LogP contribution is 2.06. The molecule has 0 aliphatic carbocycles. The van der Waals surface area contributed by atoms with Crippen molar-refractivity contribution >= 4 is 12.6 Å². The molecule has 0 radical (unpaired) electrons. The molecule has 11 heavy (non-hydrogen) atoms. The van der Waals surface area contributed by atoms with Crippen LogP contribution in [0.15, 0.2) is 23.3 Å². The van der Waals surface area contributed by atoms with Gasteiger partial charge >= 0.3 is 0 Å². The van der Waals surface area contributed by atoms with Crippen molar-refractivity contribution in [3.8, 4) is 0 Å². The summed E-state index contributed by atoms with van der Waals surface area (Å²) in [5.74, 6) is 0.862. The maximum atomic E-state index is 4.13. The third-order valence-corrected chi connectivity index (χ3v) is 1.71. The zero-order valence-corrected chi connectivity index (χ0v) is 8.62. The fourth-order valence-corrected chi connectivity index (χ4v) is 1.16. The highest BCUT2D eigenvalue weighted by molar-refractivity contribution is 7.80. The van der Waals surface area contributed by atoms with Crippen LogP contribution in [-0.2, 0) is 0 Å². The molecule has 0 saturated heterocycles. The number of hydrogen-bond donors (Lipinski definition) is 1. The predicted octanol–water partition coefficient (Wildman–Crippen LogP) is 3.61. The van der Waals surface area contributed by atoms with Gasteiger partial charge in [0.15, 0.2) is 0 Å². The first-order chi connectivity index (χ1) is 5.16. The standard InChI is InChI=1S/C10H18S/c1-9(2)5-4-6-10(3)7-8-11/h5,7,11H,4,6,8H2,1-3H3/b10-7+. The molecule has 0 amide bonds. The van der Waals surface area contributed by atoms with Crippen LogP contribution in [0.2, 0.25) is 0 Å². The first-order valence-corrected chi connectivity index (χ1v) is 4.70. The second-order valence-electron chi connectivity index (χ2n) is 3.05. The van der Waals surface area contributed by atoms with Crippen LogP contribution in [-0.4, -0.2) is 5.75 Å². The fraction of sp³-hybridized carbons (Fsp3) is 0.600. The molecule has 0 aromatic rings. The molecule has 0 unspecified atom stereocenters. The van der Waals surface area contributed by atoms with E-state index in [0.717, 1.165) is 5.75 Å². The van der Waals surface area contributed by atoms with Crippen molar-refractivity contribution in [2.45, 2.75) is 33.6 Å². The first-order valence-electron chi connectivity index (χ1n) is 4.06. The summed E-state index contributed by atoms with van der Waals surface area (Å²) >= 11 is 4.13. The molecule has 0 bridgehead atoms. The lowest BCUT2D eigenvalue weighted by atomic mass is 10.1. The molecule has 0 aliphatic rings. The van der Waals surface area contributed by atoms with Crippen LogP contribution >= 0.6 is 12.6 Å². The van der Waals surface area contributed by atoms with Crippen LogP contribution < -0.4 is 0 Å². The fourth-order valence-electron chi connectivity index (χ4n) is 0.846. The zero-order chi connectivity index (χ0) is 8.69. The molecule has 0 fully saturated rings. The molecular formula is C10H18S. The highest BCUT2D eigenvalue weighted by Gasteiger charge is 1.86. The summed E-state index contributed by atoms with van der Waals surface area (Å²) in [4.78, 5) is 0. The van der Waals surface area contributed by atoms with Crippen molar-refractivity contribution in [1.29, 1.82) is 0 Å². The van der Waals surface area contributed by atoms with E-state index in [1.807, 2.05) is 0 Å². The third-order valence-electron chi connectivity index (χ3n) is 1.53. The van der Waals surface area contributed by atoms with Crippen LogP contribution in [0.25, 0.3) is 0 Å². The SMILES string of the molecule is CC(C)=CCC/C(C)=C/CS. The van der Waals surface area contributed by atoms with Gasteiger partial charge in [0.05, 0.1) is 0 Å². The maximum absolute atomic E-state index is 4.13. The van der Waals surface area contributed by atoms with Gasteiger partial charge in [0, 0.05) is 5.75 Å². The Labute approximate surface area is 75.8 Å². The van der Waals surface area contributed by atoms with Gasteiger partial charge in [-0.05, 0) is 33.6 Å². The van der Waals surface area contributed by atoms with E-state index in [4.69, 9.17) is 0 Å². The topological polar surface area (TPSA) is 0 Å². The summed E-state index contributed by atoms with van der Waals surface area (Å²) in [6, 6.07) is 0. The molecule has 0 atom stereocenters. The van der Waals surface area contributed by atoms with Crippen molar-refractivity contribution < 1.29 is 0 Å². The second-order valence-corrected chi connectivity index (χ2v) is 3.42. The van der Waals surface area contributed by atoms with Crippen molar-refractivity contribution in [2.75, 3.05) is 5.75 Å². The van der Waals surface area contributed by atoms with Gasteiger partial charge in [-0.1, -0.05) is 23.3 Å². The predicted molar refractivity (Wildman–Crippen MR) is 56.3 cm³/mol. The number of rotatable bonds is 4. The van der Waals surface area contributed by atoms with Gasteiger partial charge in [-0.15, -0.1) is 0 Å². The van der Waals surface area contributed by atoms with Gasteiger partial charge in [0.1, 0.15) is 0 Å². The summed E-state index contributed by atoms with van der Waals surface area (Å²) in [7, 11) is 0. The quantitative estimate of drug-likeness (QED) is 0.483. The molecule has 0 nitrogen and oxygen atoms in total. The molecule has 1 heteroatoms. The van der Waals surface area contributed by atoms with Gasteiger partial charge in [-0.3, -0.25) is 0 Å². The van der Waals surface area contributed by atoms with E-state index in [2.05, 4.69) is 45.6 Å². The molecular weight excluding hydrogens is 152 g/mol. The Morgan fingerprint density at radius 1 is 1.18 bits per heavy atom. The smallest absolute Gasteiger partial charge is 0.00850 e. The minimum atomic E-state index is 0.862. The number of hydrogen-bond acceptors (Lipinski definition) is 1. The summed E-state index contributed by atoms with van der Waals surface area (Å²) in [6.07, 6.45) is 6.78. The summed E-state index contributed by atoms with van der Waals surface area (Å²) in [6.45, 7) is 6.43. The lowest BCUT2D eigenvalue weighted by molar-refractivity contribution is 0.964. The molecule has 64 valence electrons. The van der Waals surface area contributed by atoms with Crippen LogP contribution in [0.5, 0.6) is 0 Å². The lowest BCUT2D eigenvalue weighted by Gasteiger charge is -1.96. The molecule has 0 aromatic heterocycles. The Bertz CT molecular complexity index is 150. The molecule has 0 spiro atoms. The third kappa shape index (κ3) is 7.73. The van der Waals surface area contributed by atoms with Crippen LogP contribution in [0.1, 0.15) is 33.6 Å². The second kappa shape index (κ2) is 6.53. The monoisotopic (exact) mass is 170 g/mol. The van der Waals surface area contributed by atoms with Crippen molar-refractivity contribution in [3.05, 3.63) is 23.3 Å². The Hall–Kier alpha value is -0.170. The Balaban J connectivity index is 3.54. The molecule has 0 rings (SSSR count). The average Bonchev–Trinajstić information content (AvgIpc) is 1.87. The van der Waals surface area contributed by atoms with Gasteiger partial charge in [0.2, 0.25) is 0 Å². The highest BCUT2D eigenvalue weighted by atomic mass is 32.1. The average molecular weight is 170 g/mol. The Morgan fingerprint density at radius 2 is 1.82 bits per heavy atom. The lowest BCUT2D eigenvalue weighted by Crippen LogP contribution is -1.77. The van der Waals surface area contributed by atoms with Gasteiger partial charge < -0.3 is 0 Å². The van der Waals surface area contributed by atoms with E-state index in [1.165, 1.54) is 24.0 Å². The number of thiol groups is 1. The molecule has 0 saturated carbocycles. The van der Waals surface area contributed by atoms with Crippen molar-refractivity contribution in [2.24, 2.45) is 0 Å². The molecule has 0 aliphatic heterocycles. The van der Waals surface area contributed by atoms with Gasteiger partial charge in [-0.25, -0.2) is 0 Å². The molecule has 0 N–H and O–H groups in total.